The average molecular weight is 405 g/mol. The number of hydrogen-bond acceptors (Lipinski definition) is 3. The third-order valence-electron chi connectivity index (χ3n) is 4.86. The van der Waals surface area contributed by atoms with E-state index < -0.39 is 0 Å². The molecule has 2 amide bonds. The van der Waals surface area contributed by atoms with Crippen LogP contribution in [0.1, 0.15) is 32.3 Å². The zero-order valence-corrected chi connectivity index (χ0v) is 17.7. The Morgan fingerprint density at radius 2 is 1.73 bits per heavy atom. The highest BCUT2D eigenvalue weighted by molar-refractivity contribution is 5.95. The molecule has 3 rings (SSSR count). The van der Waals surface area contributed by atoms with E-state index in [-0.39, 0.29) is 17.7 Å². The zero-order valence-electron chi connectivity index (χ0n) is 17.7. The van der Waals surface area contributed by atoms with Gasteiger partial charge < -0.3 is 15.4 Å². The minimum absolute atomic E-state index is 0.0540. The van der Waals surface area contributed by atoms with Gasteiger partial charge in [0.1, 0.15) is 5.75 Å². The Morgan fingerprint density at radius 3 is 2.53 bits per heavy atom. The first kappa shape index (κ1) is 21.4. The van der Waals surface area contributed by atoms with Gasteiger partial charge in [0, 0.05) is 29.1 Å². The smallest absolute Gasteiger partial charge is 0.226 e. The number of anilines is 2. The Labute approximate surface area is 177 Å². The summed E-state index contributed by atoms with van der Waals surface area (Å²) in [4.78, 5) is 24.3. The molecule has 0 saturated heterocycles. The quantitative estimate of drug-likeness (QED) is 0.484. The number of hydrogen-bond donors (Lipinski definition) is 2. The number of carbonyl (C=O) groups excluding carboxylic acids is 2. The van der Waals surface area contributed by atoms with E-state index in [9.17, 15) is 9.59 Å². The second-order valence-electron chi connectivity index (χ2n) is 7.65. The van der Waals surface area contributed by atoms with Gasteiger partial charge in [0.2, 0.25) is 11.8 Å². The van der Waals surface area contributed by atoms with E-state index >= 15 is 0 Å². The molecule has 0 fully saturated rings. The number of nitrogens with one attached hydrogen (secondary N) is 2. The maximum Gasteiger partial charge on any atom is 0.226 e. The predicted octanol–water partition coefficient (Wildman–Crippen LogP) is 5.54. The Bertz CT molecular complexity index is 1040. The number of ether oxygens (including phenoxy) is 1. The van der Waals surface area contributed by atoms with Crippen molar-refractivity contribution in [2.45, 2.75) is 33.6 Å². The molecule has 3 aromatic carbocycles. The molecule has 5 nitrogen and oxygen atoms in total. The van der Waals surface area contributed by atoms with Crippen molar-refractivity contribution in [2.75, 3.05) is 17.2 Å². The van der Waals surface area contributed by atoms with Gasteiger partial charge >= 0.3 is 0 Å². The van der Waals surface area contributed by atoms with Gasteiger partial charge in [-0.2, -0.15) is 0 Å². The fraction of sp³-hybridized carbons (Fsp3) is 0.280. The highest BCUT2D eigenvalue weighted by atomic mass is 16.5. The molecule has 0 unspecified atom stereocenters. The third kappa shape index (κ3) is 5.60. The van der Waals surface area contributed by atoms with Crippen LogP contribution in [0.4, 0.5) is 11.4 Å². The van der Waals surface area contributed by atoms with Crippen LogP contribution in [0, 0.1) is 12.8 Å². The summed E-state index contributed by atoms with van der Waals surface area (Å²) in [5.41, 5.74) is 2.32. The molecule has 0 heterocycles. The molecule has 0 saturated carbocycles. The van der Waals surface area contributed by atoms with E-state index in [2.05, 4.69) is 22.8 Å². The van der Waals surface area contributed by atoms with Gasteiger partial charge in [-0.05, 0) is 42.5 Å². The first-order valence-electron chi connectivity index (χ1n) is 10.3. The van der Waals surface area contributed by atoms with E-state index in [1.807, 2.05) is 63.2 Å². The average Bonchev–Trinajstić information content (AvgIpc) is 2.73. The summed E-state index contributed by atoms with van der Waals surface area (Å²) in [5, 5.41) is 7.99. The van der Waals surface area contributed by atoms with Crippen LogP contribution in [0.5, 0.6) is 5.75 Å². The van der Waals surface area contributed by atoms with Crippen LogP contribution in [-0.2, 0) is 9.59 Å². The predicted molar refractivity (Wildman–Crippen MR) is 122 cm³/mol. The van der Waals surface area contributed by atoms with E-state index in [1.54, 1.807) is 6.07 Å². The van der Waals surface area contributed by atoms with Crippen molar-refractivity contribution in [3.05, 3.63) is 66.2 Å². The summed E-state index contributed by atoms with van der Waals surface area (Å²) in [6.45, 7) is 6.07. The molecule has 0 atom stereocenters. The Morgan fingerprint density at radius 1 is 0.967 bits per heavy atom. The molecular weight excluding hydrogens is 376 g/mol. The third-order valence-corrected chi connectivity index (χ3v) is 4.86. The van der Waals surface area contributed by atoms with Gasteiger partial charge in [-0.1, -0.05) is 56.3 Å². The highest BCUT2D eigenvalue weighted by Crippen LogP contribution is 2.25. The van der Waals surface area contributed by atoms with Gasteiger partial charge in [0.05, 0.1) is 6.61 Å². The molecule has 0 bridgehead atoms. The second kappa shape index (κ2) is 9.92. The van der Waals surface area contributed by atoms with Crippen molar-refractivity contribution in [2.24, 2.45) is 5.92 Å². The molecule has 0 radical (unpaired) electrons. The zero-order chi connectivity index (χ0) is 21.5. The fourth-order valence-electron chi connectivity index (χ4n) is 3.07. The molecule has 156 valence electrons. The van der Waals surface area contributed by atoms with Gasteiger partial charge in [-0.3, -0.25) is 9.59 Å². The van der Waals surface area contributed by atoms with Crippen molar-refractivity contribution in [3.8, 4) is 5.75 Å². The van der Waals surface area contributed by atoms with Crippen LogP contribution in [0.15, 0.2) is 60.7 Å². The summed E-state index contributed by atoms with van der Waals surface area (Å²) >= 11 is 0. The number of amides is 2. The lowest BCUT2D eigenvalue weighted by atomic mass is 10.1. The van der Waals surface area contributed by atoms with Crippen LogP contribution in [0.25, 0.3) is 10.8 Å². The number of carbonyl (C=O) groups is 2. The van der Waals surface area contributed by atoms with E-state index in [4.69, 9.17) is 4.74 Å². The lowest BCUT2D eigenvalue weighted by molar-refractivity contribution is -0.119. The van der Waals surface area contributed by atoms with Crippen LogP contribution in [0.3, 0.4) is 0 Å². The van der Waals surface area contributed by atoms with Crippen molar-refractivity contribution in [3.63, 3.8) is 0 Å². The topological polar surface area (TPSA) is 67.4 Å². The lowest BCUT2D eigenvalue weighted by Crippen LogP contribution is -2.18. The van der Waals surface area contributed by atoms with E-state index in [0.29, 0.717) is 30.8 Å². The van der Waals surface area contributed by atoms with Crippen molar-refractivity contribution >= 4 is 34.0 Å². The maximum absolute atomic E-state index is 12.4. The minimum Gasteiger partial charge on any atom is -0.493 e. The molecule has 2 N–H and O–H groups in total. The largest absolute Gasteiger partial charge is 0.493 e. The van der Waals surface area contributed by atoms with Crippen LogP contribution < -0.4 is 15.4 Å². The summed E-state index contributed by atoms with van der Waals surface area (Å²) in [6, 6.07) is 19.6. The number of aryl methyl sites for hydroxylation is 1. The molecule has 0 spiro atoms. The van der Waals surface area contributed by atoms with Gasteiger partial charge in [-0.25, -0.2) is 0 Å². The molecule has 3 aromatic rings. The van der Waals surface area contributed by atoms with Crippen LogP contribution in [0.2, 0.25) is 0 Å². The lowest BCUT2D eigenvalue weighted by Gasteiger charge is -2.13. The standard InChI is InChI=1S/C25H28N2O3/c1-17(2)25(29)26-20-14-13-18(3)22(16-20)27-24(28)12-7-15-30-23-11-6-9-19-8-4-5-10-21(19)23/h4-6,8-11,13-14,16-17H,7,12,15H2,1-3H3,(H,26,29)(H,27,28). The normalized spacial score (nSPS) is 10.8. The van der Waals surface area contributed by atoms with E-state index in [0.717, 1.165) is 22.1 Å². The summed E-state index contributed by atoms with van der Waals surface area (Å²) in [5.74, 6) is 0.595. The molecule has 5 heteroatoms. The van der Waals surface area contributed by atoms with Gasteiger partial charge in [0.25, 0.3) is 0 Å². The molecule has 0 aromatic heterocycles. The first-order chi connectivity index (χ1) is 14.4. The van der Waals surface area contributed by atoms with Crippen LogP contribution >= 0.6 is 0 Å². The number of rotatable bonds is 8. The maximum atomic E-state index is 12.4. The monoisotopic (exact) mass is 404 g/mol. The Kier molecular flexibility index (Phi) is 7.07. The van der Waals surface area contributed by atoms with E-state index in [1.165, 1.54) is 0 Å². The Balaban J connectivity index is 1.51. The SMILES string of the molecule is Cc1ccc(NC(=O)C(C)C)cc1NC(=O)CCCOc1cccc2ccccc12. The van der Waals surface area contributed by atoms with Crippen molar-refractivity contribution in [1.29, 1.82) is 0 Å². The molecular formula is C25H28N2O3. The second-order valence-corrected chi connectivity index (χ2v) is 7.65. The van der Waals surface area contributed by atoms with Crippen LogP contribution in [-0.4, -0.2) is 18.4 Å². The minimum atomic E-state index is -0.105. The summed E-state index contributed by atoms with van der Waals surface area (Å²) in [6.07, 6.45) is 0.963. The highest BCUT2D eigenvalue weighted by Gasteiger charge is 2.10. The van der Waals surface area contributed by atoms with Gasteiger partial charge in [-0.15, -0.1) is 0 Å². The van der Waals surface area contributed by atoms with Gasteiger partial charge in [0.15, 0.2) is 0 Å². The molecule has 30 heavy (non-hydrogen) atoms. The first-order valence-corrected chi connectivity index (χ1v) is 10.3. The van der Waals surface area contributed by atoms with Crippen molar-refractivity contribution < 1.29 is 14.3 Å². The molecule has 0 aliphatic rings. The number of fused-ring (bicyclic) bond motifs is 1. The molecule has 0 aliphatic heterocycles. The fourth-order valence-corrected chi connectivity index (χ4v) is 3.07. The Hall–Kier alpha value is -3.34. The summed E-state index contributed by atoms with van der Waals surface area (Å²) < 4.78 is 5.90. The molecule has 0 aliphatic carbocycles. The van der Waals surface area contributed by atoms with Crippen molar-refractivity contribution in [1.82, 2.24) is 0 Å². The number of benzene rings is 3. The summed E-state index contributed by atoms with van der Waals surface area (Å²) in [7, 11) is 0.